The molecule has 254 valence electrons. The van der Waals surface area contributed by atoms with Crippen LogP contribution in [-0.4, -0.2) is 74.3 Å². The van der Waals surface area contributed by atoms with Gasteiger partial charge in [-0.1, -0.05) is 78.9 Å². The number of benzene rings is 3. The summed E-state index contributed by atoms with van der Waals surface area (Å²) < 4.78 is 42.7. The summed E-state index contributed by atoms with van der Waals surface area (Å²) >= 11 is 0. The molecule has 1 saturated heterocycles. The molecule has 0 radical (unpaired) electrons. The van der Waals surface area contributed by atoms with E-state index in [2.05, 4.69) is 63.6 Å². The molecule has 48 heavy (non-hydrogen) atoms. The lowest BCUT2D eigenvalue weighted by atomic mass is 9.80. The van der Waals surface area contributed by atoms with Gasteiger partial charge in [0.1, 0.15) is 5.75 Å². The number of alkyl halides is 2. The molecule has 3 aromatic carbocycles. The van der Waals surface area contributed by atoms with E-state index in [4.69, 9.17) is 14.2 Å². The molecule has 0 spiro atoms. The Kier molecular flexibility index (Phi) is 12.0. The van der Waals surface area contributed by atoms with Crippen molar-refractivity contribution in [1.29, 1.82) is 0 Å². The highest BCUT2D eigenvalue weighted by Crippen LogP contribution is 2.43. The lowest BCUT2D eigenvalue weighted by Gasteiger charge is -2.39. The van der Waals surface area contributed by atoms with Crippen LogP contribution in [0.1, 0.15) is 55.8 Å². The van der Waals surface area contributed by atoms with Gasteiger partial charge in [-0.25, -0.2) is 9.59 Å². The Morgan fingerprint density at radius 2 is 1.33 bits per heavy atom. The number of dihydropyridines is 1. The standard InChI is InChI=1S/C38H43F2N3O5/c1-4-46-36(44)32-26(2)41-27(3)33(34(32)30-18-11-12-19-31(30)48-38(39)40)37(45)47-25-13-20-42-21-23-43(24-22-42)35(28-14-7-5-8-15-28)29-16-9-6-10-17-29/h5-12,14-19,34-35,38,41H,4,13,20-25H2,1-3H3. The number of ether oxygens (including phenoxy) is 3. The van der Waals surface area contributed by atoms with Gasteiger partial charge in [0.25, 0.3) is 0 Å². The minimum absolute atomic E-state index is 0.105. The van der Waals surface area contributed by atoms with Gasteiger partial charge in [0.2, 0.25) is 0 Å². The van der Waals surface area contributed by atoms with Crippen molar-refractivity contribution in [3.63, 3.8) is 0 Å². The van der Waals surface area contributed by atoms with E-state index in [9.17, 15) is 18.4 Å². The summed E-state index contributed by atoms with van der Waals surface area (Å²) in [5, 5.41) is 3.09. The zero-order chi connectivity index (χ0) is 34.0. The largest absolute Gasteiger partial charge is 0.463 e. The van der Waals surface area contributed by atoms with E-state index in [0.29, 0.717) is 17.8 Å². The van der Waals surface area contributed by atoms with Crippen LogP contribution in [0.5, 0.6) is 5.75 Å². The molecule has 2 aliphatic rings. The van der Waals surface area contributed by atoms with E-state index in [1.807, 2.05) is 12.1 Å². The van der Waals surface area contributed by atoms with Gasteiger partial charge in [-0.3, -0.25) is 4.90 Å². The molecule has 2 aliphatic heterocycles. The first-order valence-electron chi connectivity index (χ1n) is 16.4. The minimum atomic E-state index is -3.09. The smallest absolute Gasteiger partial charge is 0.387 e. The van der Waals surface area contributed by atoms with Crippen LogP contribution in [0.3, 0.4) is 0 Å². The molecule has 10 heteroatoms. The van der Waals surface area contributed by atoms with Crippen LogP contribution in [0.4, 0.5) is 8.78 Å². The molecule has 3 aromatic rings. The molecular weight excluding hydrogens is 616 g/mol. The second-order valence-corrected chi connectivity index (χ2v) is 11.9. The Morgan fingerprint density at radius 1 is 0.792 bits per heavy atom. The zero-order valence-electron chi connectivity index (χ0n) is 27.7. The normalized spacial score (nSPS) is 17.4. The SMILES string of the molecule is CCOC(=O)C1=C(C)NC(C)=C(C(=O)OCCCN2CCN(C(c3ccccc3)c3ccccc3)CC2)C1c1ccccc1OC(F)F. The van der Waals surface area contributed by atoms with E-state index in [-0.39, 0.29) is 41.7 Å². The van der Waals surface area contributed by atoms with Crippen LogP contribution < -0.4 is 10.1 Å². The topological polar surface area (TPSA) is 80.3 Å². The molecule has 8 nitrogen and oxygen atoms in total. The summed E-state index contributed by atoms with van der Waals surface area (Å²) in [6.07, 6.45) is 0.613. The summed E-state index contributed by atoms with van der Waals surface area (Å²) in [4.78, 5) is 31.7. The number of halogens is 2. The number of para-hydroxylation sites is 1. The summed E-state index contributed by atoms with van der Waals surface area (Å²) in [6, 6.07) is 27.5. The maximum Gasteiger partial charge on any atom is 0.387 e. The van der Waals surface area contributed by atoms with Crippen LogP contribution in [0.2, 0.25) is 0 Å². The Balaban J connectivity index is 1.23. The number of hydrogen-bond donors (Lipinski definition) is 1. The highest BCUT2D eigenvalue weighted by Gasteiger charge is 2.39. The van der Waals surface area contributed by atoms with Gasteiger partial charge < -0.3 is 24.4 Å². The molecule has 0 aliphatic carbocycles. The predicted octanol–water partition coefficient (Wildman–Crippen LogP) is 6.43. The van der Waals surface area contributed by atoms with E-state index in [0.717, 1.165) is 32.7 Å². The number of piperazine rings is 1. The maximum absolute atomic E-state index is 13.7. The molecule has 1 fully saturated rings. The average molecular weight is 660 g/mol. The molecular formula is C38H43F2N3O5. The molecule has 0 saturated carbocycles. The van der Waals surface area contributed by atoms with Gasteiger partial charge in [0, 0.05) is 49.7 Å². The van der Waals surface area contributed by atoms with Crippen molar-refractivity contribution in [1.82, 2.24) is 15.1 Å². The van der Waals surface area contributed by atoms with Crippen LogP contribution in [-0.2, 0) is 19.1 Å². The minimum Gasteiger partial charge on any atom is -0.463 e. The van der Waals surface area contributed by atoms with Crippen molar-refractivity contribution >= 4 is 11.9 Å². The third-order valence-corrected chi connectivity index (χ3v) is 8.78. The van der Waals surface area contributed by atoms with Gasteiger partial charge in [0.05, 0.1) is 36.3 Å². The lowest BCUT2D eigenvalue weighted by molar-refractivity contribution is -0.140. The zero-order valence-corrected chi connectivity index (χ0v) is 27.7. The fourth-order valence-corrected chi connectivity index (χ4v) is 6.64. The fraction of sp³-hybridized carbons (Fsp3) is 0.368. The van der Waals surface area contributed by atoms with Crippen molar-refractivity contribution in [3.8, 4) is 5.75 Å². The van der Waals surface area contributed by atoms with Crippen molar-refractivity contribution in [2.24, 2.45) is 0 Å². The second-order valence-electron chi connectivity index (χ2n) is 11.9. The van der Waals surface area contributed by atoms with Gasteiger partial charge >= 0.3 is 18.6 Å². The molecule has 5 rings (SSSR count). The van der Waals surface area contributed by atoms with Crippen LogP contribution in [0, 0.1) is 0 Å². The summed E-state index contributed by atoms with van der Waals surface area (Å²) in [6.45, 7) is 6.54. The van der Waals surface area contributed by atoms with Crippen molar-refractivity contribution in [2.45, 2.75) is 45.8 Å². The third-order valence-electron chi connectivity index (χ3n) is 8.78. The summed E-state index contributed by atoms with van der Waals surface area (Å²) in [5.74, 6) is -2.45. The number of carbonyl (C=O) groups is 2. The third kappa shape index (κ3) is 8.29. The van der Waals surface area contributed by atoms with E-state index in [1.54, 1.807) is 39.0 Å². The first-order valence-corrected chi connectivity index (χ1v) is 16.4. The highest BCUT2D eigenvalue weighted by atomic mass is 19.3. The van der Waals surface area contributed by atoms with Crippen LogP contribution in [0.25, 0.3) is 0 Å². The van der Waals surface area contributed by atoms with Crippen molar-refractivity contribution in [3.05, 3.63) is 124 Å². The molecule has 1 unspecified atom stereocenters. The van der Waals surface area contributed by atoms with E-state index < -0.39 is 24.5 Å². The molecule has 0 aromatic heterocycles. The fourth-order valence-electron chi connectivity index (χ4n) is 6.64. The average Bonchev–Trinajstić information content (AvgIpc) is 3.08. The second kappa shape index (κ2) is 16.5. The quantitative estimate of drug-likeness (QED) is 0.166. The van der Waals surface area contributed by atoms with Gasteiger partial charge in [-0.05, 0) is 44.4 Å². The number of esters is 2. The number of nitrogens with zero attached hydrogens (tertiary/aromatic N) is 2. The Bertz CT molecular complexity index is 1570. The van der Waals surface area contributed by atoms with Crippen LogP contribution >= 0.6 is 0 Å². The highest BCUT2D eigenvalue weighted by molar-refractivity contribution is 6.00. The van der Waals surface area contributed by atoms with Gasteiger partial charge in [-0.15, -0.1) is 0 Å². The van der Waals surface area contributed by atoms with Crippen LogP contribution in [0.15, 0.2) is 107 Å². The van der Waals surface area contributed by atoms with E-state index >= 15 is 0 Å². The number of hydrogen-bond acceptors (Lipinski definition) is 8. The summed E-state index contributed by atoms with van der Waals surface area (Å²) in [5.41, 5.74) is 3.99. The number of rotatable bonds is 13. The monoisotopic (exact) mass is 659 g/mol. The number of nitrogens with one attached hydrogen (secondary N) is 1. The maximum atomic E-state index is 13.7. The Morgan fingerprint density at radius 3 is 1.90 bits per heavy atom. The molecule has 0 bridgehead atoms. The Hall–Kier alpha value is -4.54. The number of carbonyl (C=O) groups excluding carboxylic acids is 2. The molecule has 2 heterocycles. The summed E-state index contributed by atoms with van der Waals surface area (Å²) in [7, 11) is 0. The lowest BCUT2D eigenvalue weighted by Crippen LogP contribution is -2.48. The Labute approximate surface area is 281 Å². The predicted molar refractivity (Wildman–Crippen MR) is 179 cm³/mol. The van der Waals surface area contributed by atoms with Crippen molar-refractivity contribution < 1.29 is 32.6 Å². The molecule has 1 N–H and O–H groups in total. The van der Waals surface area contributed by atoms with Gasteiger partial charge in [0.15, 0.2) is 0 Å². The van der Waals surface area contributed by atoms with E-state index in [1.165, 1.54) is 17.2 Å². The first-order chi connectivity index (χ1) is 23.3. The first kappa shape index (κ1) is 34.8. The van der Waals surface area contributed by atoms with Crippen molar-refractivity contribution in [2.75, 3.05) is 45.9 Å². The molecule has 1 atom stereocenters. The van der Waals surface area contributed by atoms with Gasteiger partial charge in [-0.2, -0.15) is 8.78 Å². The number of allylic oxidation sites excluding steroid dienone is 2. The molecule has 0 amide bonds.